The van der Waals surface area contributed by atoms with Crippen molar-refractivity contribution in [3.05, 3.63) is 42.7 Å². The zero-order chi connectivity index (χ0) is 15.4. The lowest BCUT2D eigenvalue weighted by Gasteiger charge is -2.28. The number of aliphatic hydroxyl groups is 1. The van der Waals surface area contributed by atoms with Gasteiger partial charge in [0.15, 0.2) is 0 Å². The molecule has 22 heavy (non-hydrogen) atoms. The van der Waals surface area contributed by atoms with E-state index in [1.54, 1.807) is 10.9 Å². The molecule has 6 heteroatoms. The Morgan fingerprint density at radius 1 is 1.23 bits per heavy atom. The topological polar surface area (TPSA) is 79.2 Å². The number of amides is 2. The van der Waals surface area contributed by atoms with Gasteiger partial charge in [-0.05, 0) is 43.2 Å². The fourth-order valence-corrected chi connectivity index (χ4v) is 2.73. The second-order valence-electron chi connectivity index (χ2n) is 5.55. The molecular weight excluding hydrogens is 280 g/mol. The van der Waals surface area contributed by atoms with Crippen molar-refractivity contribution in [3.63, 3.8) is 0 Å². The van der Waals surface area contributed by atoms with Gasteiger partial charge in [0.05, 0.1) is 17.8 Å². The Morgan fingerprint density at radius 2 is 2.00 bits per heavy atom. The molecule has 2 unspecified atom stereocenters. The van der Waals surface area contributed by atoms with Crippen molar-refractivity contribution in [2.45, 2.75) is 37.8 Å². The van der Waals surface area contributed by atoms with Gasteiger partial charge in [-0.3, -0.25) is 0 Å². The first-order chi connectivity index (χ1) is 10.7. The second-order valence-corrected chi connectivity index (χ2v) is 5.55. The molecule has 0 aliphatic heterocycles. The average Bonchev–Trinajstić information content (AvgIpc) is 3.05. The van der Waals surface area contributed by atoms with Crippen LogP contribution in [0.5, 0.6) is 0 Å². The molecule has 1 aromatic heterocycles. The highest BCUT2D eigenvalue weighted by atomic mass is 16.3. The maximum atomic E-state index is 12.0. The lowest BCUT2D eigenvalue weighted by atomic mass is 9.93. The molecule has 3 rings (SSSR count). The largest absolute Gasteiger partial charge is 0.391 e. The van der Waals surface area contributed by atoms with Crippen LogP contribution in [0.4, 0.5) is 10.5 Å². The van der Waals surface area contributed by atoms with Crippen LogP contribution < -0.4 is 10.6 Å². The maximum absolute atomic E-state index is 12.0. The van der Waals surface area contributed by atoms with E-state index in [0.717, 1.165) is 31.4 Å². The van der Waals surface area contributed by atoms with E-state index >= 15 is 0 Å². The molecule has 2 amide bonds. The summed E-state index contributed by atoms with van der Waals surface area (Å²) in [7, 11) is 0. The Kier molecular flexibility index (Phi) is 4.39. The van der Waals surface area contributed by atoms with E-state index in [1.165, 1.54) is 0 Å². The molecule has 2 aromatic rings. The number of benzene rings is 1. The van der Waals surface area contributed by atoms with Crippen LogP contribution in [0.3, 0.4) is 0 Å². The van der Waals surface area contributed by atoms with Gasteiger partial charge in [0, 0.05) is 18.1 Å². The van der Waals surface area contributed by atoms with Gasteiger partial charge in [-0.1, -0.05) is 12.8 Å². The quantitative estimate of drug-likeness (QED) is 0.813. The number of nitrogens with one attached hydrogen (secondary N) is 2. The van der Waals surface area contributed by atoms with Crippen LogP contribution in [-0.2, 0) is 0 Å². The second kappa shape index (κ2) is 6.62. The van der Waals surface area contributed by atoms with Gasteiger partial charge in [0.2, 0.25) is 0 Å². The number of aromatic nitrogens is 2. The normalized spacial score (nSPS) is 21.3. The summed E-state index contributed by atoms with van der Waals surface area (Å²) in [6.45, 7) is 0. The Morgan fingerprint density at radius 3 is 2.68 bits per heavy atom. The number of aliphatic hydroxyl groups excluding tert-OH is 1. The number of hydrogen-bond donors (Lipinski definition) is 3. The van der Waals surface area contributed by atoms with Crippen molar-refractivity contribution in [3.8, 4) is 5.69 Å². The number of hydrogen-bond acceptors (Lipinski definition) is 3. The molecule has 1 aliphatic rings. The average molecular weight is 300 g/mol. The molecular formula is C16H20N4O2. The van der Waals surface area contributed by atoms with Crippen LogP contribution in [0.1, 0.15) is 25.7 Å². The number of nitrogens with zero attached hydrogens (tertiary/aromatic N) is 2. The molecule has 1 heterocycles. The summed E-state index contributed by atoms with van der Waals surface area (Å²) in [5.74, 6) is 0. The molecule has 116 valence electrons. The number of carbonyl (C=O) groups excluding carboxylic acids is 1. The molecule has 0 radical (unpaired) electrons. The predicted molar refractivity (Wildman–Crippen MR) is 84.0 cm³/mol. The molecule has 6 nitrogen and oxygen atoms in total. The monoisotopic (exact) mass is 300 g/mol. The Balaban J connectivity index is 1.57. The summed E-state index contributed by atoms with van der Waals surface area (Å²) in [6, 6.07) is 8.85. The van der Waals surface area contributed by atoms with E-state index in [0.29, 0.717) is 5.69 Å². The lowest BCUT2D eigenvalue weighted by molar-refractivity contribution is 0.0955. The minimum Gasteiger partial charge on any atom is -0.391 e. The molecule has 1 fully saturated rings. The Bertz CT molecular complexity index is 610. The minimum atomic E-state index is -0.443. The van der Waals surface area contributed by atoms with Crippen LogP contribution in [0.2, 0.25) is 0 Å². The lowest BCUT2D eigenvalue weighted by Crippen LogP contribution is -2.46. The first-order valence-corrected chi connectivity index (χ1v) is 7.58. The first-order valence-electron chi connectivity index (χ1n) is 7.58. The minimum absolute atomic E-state index is 0.155. The number of urea groups is 1. The van der Waals surface area contributed by atoms with Gasteiger partial charge < -0.3 is 15.7 Å². The molecule has 2 atom stereocenters. The summed E-state index contributed by atoms with van der Waals surface area (Å²) in [5, 5.41) is 19.7. The molecule has 3 N–H and O–H groups in total. The fraction of sp³-hybridized carbons (Fsp3) is 0.375. The van der Waals surface area contributed by atoms with Crippen molar-refractivity contribution >= 4 is 11.7 Å². The molecule has 1 aliphatic carbocycles. The van der Waals surface area contributed by atoms with Crippen molar-refractivity contribution in [2.75, 3.05) is 5.32 Å². The summed E-state index contributed by atoms with van der Waals surface area (Å²) < 4.78 is 1.75. The van der Waals surface area contributed by atoms with E-state index in [9.17, 15) is 9.90 Å². The predicted octanol–water partition coefficient (Wildman–Crippen LogP) is 2.30. The Labute approximate surface area is 129 Å². The van der Waals surface area contributed by atoms with Crippen LogP contribution in [-0.4, -0.2) is 33.1 Å². The van der Waals surface area contributed by atoms with Crippen LogP contribution >= 0.6 is 0 Å². The van der Waals surface area contributed by atoms with Gasteiger partial charge >= 0.3 is 6.03 Å². The summed E-state index contributed by atoms with van der Waals surface area (Å²) in [6.07, 6.45) is 6.78. The third kappa shape index (κ3) is 3.46. The summed E-state index contributed by atoms with van der Waals surface area (Å²) in [4.78, 5) is 12.0. The van der Waals surface area contributed by atoms with Gasteiger partial charge in [0.25, 0.3) is 0 Å². The van der Waals surface area contributed by atoms with Crippen LogP contribution in [0, 0.1) is 0 Å². The number of carbonyl (C=O) groups is 1. The van der Waals surface area contributed by atoms with Gasteiger partial charge in [-0.25, -0.2) is 9.48 Å². The van der Waals surface area contributed by atoms with Crippen molar-refractivity contribution in [1.29, 1.82) is 0 Å². The first kappa shape index (κ1) is 14.6. The number of anilines is 1. The van der Waals surface area contributed by atoms with Crippen LogP contribution in [0.25, 0.3) is 5.69 Å². The van der Waals surface area contributed by atoms with E-state index in [-0.39, 0.29) is 12.1 Å². The maximum Gasteiger partial charge on any atom is 0.319 e. The van der Waals surface area contributed by atoms with E-state index in [4.69, 9.17) is 0 Å². The fourth-order valence-electron chi connectivity index (χ4n) is 2.73. The number of rotatable bonds is 3. The summed E-state index contributed by atoms with van der Waals surface area (Å²) in [5.41, 5.74) is 1.64. The molecule has 1 saturated carbocycles. The zero-order valence-electron chi connectivity index (χ0n) is 12.3. The van der Waals surface area contributed by atoms with E-state index < -0.39 is 6.10 Å². The van der Waals surface area contributed by atoms with Crippen molar-refractivity contribution in [1.82, 2.24) is 15.1 Å². The van der Waals surface area contributed by atoms with Gasteiger partial charge in [-0.15, -0.1) is 0 Å². The SMILES string of the molecule is O=C(Nc1ccc(-n2cccn2)cc1)NC1CCCCC1O. The molecule has 0 spiro atoms. The van der Waals surface area contributed by atoms with Crippen molar-refractivity contribution < 1.29 is 9.90 Å². The van der Waals surface area contributed by atoms with Crippen molar-refractivity contribution in [2.24, 2.45) is 0 Å². The van der Waals surface area contributed by atoms with E-state index in [2.05, 4.69) is 15.7 Å². The molecule has 0 saturated heterocycles. The summed E-state index contributed by atoms with van der Waals surface area (Å²) >= 11 is 0. The Hall–Kier alpha value is -2.34. The molecule has 0 bridgehead atoms. The standard InChI is InChI=1S/C16H20N4O2/c21-15-5-2-1-4-14(15)19-16(22)18-12-6-8-13(9-7-12)20-11-3-10-17-20/h3,6-11,14-15,21H,1-2,4-5H2,(H2,18,19,22). The van der Waals surface area contributed by atoms with Gasteiger partial charge in [0.1, 0.15) is 0 Å². The van der Waals surface area contributed by atoms with E-state index in [1.807, 2.05) is 36.5 Å². The smallest absolute Gasteiger partial charge is 0.319 e. The zero-order valence-corrected chi connectivity index (χ0v) is 12.3. The third-order valence-corrected chi connectivity index (χ3v) is 3.94. The molecule has 1 aromatic carbocycles. The van der Waals surface area contributed by atoms with Crippen LogP contribution in [0.15, 0.2) is 42.7 Å². The highest BCUT2D eigenvalue weighted by molar-refractivity contribution is 5.89. The highest BCUT2D eigenvalue weighted by Gasteiger charge is 2.24. The van der Waals surface area contributed by atoms with Gasteiger partial charge in [-0.2, -0.15) is 5.10 Å². The highest BCUT2D eigenvalue weighted by Crippen LogP contribution is 2.18. The third-order valence-electron chi connectivity index (χ3n) is 3.94.